The van der Waals surface area contributed by atoms with Crippen LogP contribution in [-0.4, -0.2) is 27.6 Å². The molecule has 0 saturated carbocycles. The standard InChI is InChI=1S/C12H11BN2O3/c1-8-4-5-10(14-7-8)15-6-2-3-9(11(15)16)12(13,17)18/h2-7,17-18H,1H3. The van der Waals surface area contributed by atoms with Crippen LogP contribution in [0.4, 0.5) is 0 Å². The van der Waals surface area contributed by atoms with Gasteiger partial charge < -0.3 is 10.2 Å². The Labute approximate surface area is 105 Å². The van der Waals surface area contributed by atoms with Gasteiger partial charge in [0, 0.05) is 12.4 Å². The van der Waals surface area contributed by atoms with Gasteiger partial charge in [-0.3, -0.25) is 9.36 Å². The molecule has 0 fully saturated rings. The van der Waals surface area contributed by atoms with E-state index in [0.717, 1.165) is 5.56 Å². The van der Waals surface area contributed by atoms with Crippen molar-refractivity contribution in [3.8, 4) is 5.82 Å². The second-order valence-electron chi connectivity index (χ2n) is 4.02. The molecule has 0 aliphatic rings. The van der Waals surface area contributed by atoms with E-state index in [1.807, 2.05) is 6.92 Å². The van der Waals surface area contributed by atoms with Gasteiger partial charge >= 0.3 is 0 Å². The number of pyridine rings is 2. The van der Waals surface area contributed by atoms with E-state index < -0.39 is 11.2 Å². The van der Waals surface area contributed by atoms with Crippen molar-refractivity contribution in [2.24, 2.45) is 0 Å². The van der Waals surface area contributed by atoms with Gasteiger partial charge in [0.15, 0.2) is 7.85 Å². The highest BCUT2D eigenvalue weighted by Crippen LogP contribution is 2.10. The van der Waals surface area contributed by atoms with Crippen molar-refractivity contribution >= 4 is 7.85 Å². The molecule has 0 saturated heterocycles. The Morgan fingerprint density at radius 2 is 2.06 bits per heavy atom. The predicted octanol–water partition coefficient (Wildman–Crippen LogP) is -0.196. The van der Waals surface area contributed by atoms with E-state index in [1.54, 1.807) is 18.3 Å². The number of hydrogen-bond donors (Lipinski definition) is 2. The van der Waals surface area contributed by atoms with Crippen LogP contribution in [0.2, 0.25) is 0 Å². The predicted molar refractivity (Wildman–Crippen MR) is 66.4 cm³/mol. The van der Waals surface area contributed by atoms with Gasteiger partial charge in [0.25, 0.3) is 5.56 Å². The maximum Gasteiger partial charge on any atom is 0.263 e. The summed E-state index contributed by atoms with van der Waals surface area (Å²) >= 11 is 0. The van der Waals surface area contributed by atoms with Crippen LogP contribution in [0.1, 0.15) is 11.1 Å². The average molecular weight is 242 g/mol. The smallest absolute Gasteiger partial charge is 0.263 e. The lowest BCUT2D eigenvalue weighted by atomic mass is 9.88. The first-order valence-corrected chi connectivity index (χ1v) is 5.28. The summed E-state index contributed by atoms with van der Waals surface area (Å²) in [5.41, 5.74) is -2.64. The van der Waals surface area contributed by atoms with Gasteiger partial charge in [0.1, 0.15) is 11.5 Å². The Morgan fingerprint density at radius 3 is 2.61 bits per heavy atom. The van der Waals surface area contributed by atoms with Crippen LogP contribution in [0.3, 0.4) is 0 Å². The van der Waals surface area contributed by atoms with E-state index in [9.17, 15) is 15.0 Å². The quantitative estimate of drug-likeness (QED) is 0.565. The van der Waals surface area contributed by atoms with Crippen molar-refractivity contribution in [1.29, 1.82) is 0 Å². The summed E-state index contributed by atoms with van der Waals surface area (Å²) in [4.78, 5) is 16.1. The van der Waals surface area contributed by atoms with E-state index >= 15 is 0 Å². The molecule has 18 heavy (non-hydrogen) atoms. The van der Waals surface area contributed by atoms with Crippen molar-refractivity contribution in [3.05, 3.63) is 58.1 Å². The fourth-order valence-electron chi connectivity index (χ4n) is 1.56. The molecule has 0 bridgehead atoms. The first-order chi connectivity index (χ1) is 8.39. The van der Waals surface area contributed by atoms with Crippen molar-refractivity contribution in [3.63, 3.8) is 0 Å². The Kier molecular flexibility index (Phi) is 3.06. The summed E-state index contributed by atoms with van der Waals surface area (Å²) in [7, 11) is 5.11. The van der Waals surface area contributed by atoms with Crippen molar-refractivity contribution < 1.29 is 10.2 Å². The third-order valence-corrected chi connectivity index (χ3v) is 2.49. The molecule has 0 unspecified atom stereocenters. The van der Waals surface area contributed by atoms with E-state index in [1.165, 1.54) is 22.9 Å². The lowest BCUT2D eigenvalue weighted by Crippen LogP contribution is -2.35. The lowest BCUT2D eigenvalue weighted by molar-refractivity contribution is -0.0922. The van der Waals surface area contributed by atoms with Crippen LogP contribution in [0, 0.1) is 6.92 Å². The molecule has 5 nitrogen and oxygen atoms in total. The first-order valence-electron chi connectivity index (χ1n) is 5.28. The minimum Gasteiger partial charge on any atom is -0.371 e. The number of aromatic nitrogens is 2. The van der Waals surface area contributed by atoms with E-state index in [4.69, 9.17) is 7.85 Å². The third kappa shape index (κ3) is 2.34. The van der Waals surface area contributed by atoms with Gasteiger partial charge in [-0.25, -0.2) is 4.98 Å². The van der Waals surface area contributed by atoms with E-state index in [0.29, 0.717) is 5.82 Å². The Bertz CT molecular complexity index is 614. The zero-order valence-corrected chi connectivity index (χ0v) is 9.74. The topological polar surface area (TPSA) is 75.3 Å². The summed E-state index contributed by atoms with van der Waals surface area (Å²) < 4.78 is 1.20. The maximum absolute atomic E-state index is 12.0. The van der Waals surface area contributed by atoms with E-state index in [2.05, 4.69) is 4.98 Å². The highest BCUT2D eigenvalue weighted by atomic mass is 16.5. The molecule has 2 N–H and O–H groups in total. The Hall–Kier alpha value is -1.92. The number of hydrogen-bond acceptors (Lipinski definition) is 4. The van der Waals surface area contributed by atoms with Gasteiger partial charge in [-0.1, -0.05) is 6.07 Å². The second-order valence-corrected chi connectivity index (χ2v) is 4.02. The molecule has 0 spiro atoms. The summed E-state index contributed by atoms with van der Waals surface area (Å²) in [5.74, 6) is 0.386. The minimum atomic E-state index is -2.66. The molecule has 2 aromatic rings. The van der Waals surface area contributed by atoms with Gasteiger partial charge in [-0.2, -0.15) is 0 Å². The molecule has 0 aromatic carbocycles. The van der Waals surface area contributed by atoms with Crippen LogP contribution < -0.4 is 5.56 Å². The van der Waals surface area contributed by atoms with Gasteiger partial charge in [-0.05, 0) is 30.7 Å². The molecule has 2 heterocycles. The highest BCUT2D eigenvalue weighted by Gasteiger charge is 2.22. The average Bonchev–Trinajstić information content (AvgIpc) is 2.29. The van der Waals surface area contributed by atoms with E-state index in [-0.39, 0.29) is 5.56 Å². The van der Waals surface area contributed by atoms with Crippen molar-refractivity contribution in [2.75, 3.05) is 0 Å². The summed E-state index contributed by atoms with van der Waals surface area (Å²) in [5, 5.41) is 18.6. The molecule has 2 radical (unpaired) electrons. The van der Waals surface area contributed by atoms with Gasteiger partial charge in [-0.15, -0.1) is 0 Å². The van der Waals surface area contributed by atoms with Crippen LogP contribution in [0.15, 0.2) is 41.5 Å². The highest BCUT2D eigenvalue weighted by molar-refractivity contribution is 6.13. The summed E-state index contributed by atoms with van der Waals surface area (Å²) in [6.07, 6.45) is 3.09. The molecule has 0 atom stereocenters. The Balaban J connectivity index is 2.60. The second kappa shape index (κ2) is 4.40. The summed E-state index contributed by atoms with van der Waals surface area (Å²) in [6.45, 7) is 1.88. The van der Waals surface area contributed by atoms with Crippen LogP contribution in [0.25, 0.3) is 5.82 Å². The molecular weight excluding hydrogens is 231 g/mol. The summed E-state index contributed by atoms with van der Waals surface area (Å²) in [6, 6.07) is 6.21. The Morgan fingerprint density at radius 1 is 1.33 bits per heavy atom. The molecule has 0 amide bonds. The largest absolute Gasteiger partial charge is 0.371 e. The third-order valence-electron chi connectivity index (χ3n) is 2.49. The number of aliphatic hydroxyl groups is 2. The van der Waals surface area contributed by atoms with Crippen LogP contribution in [-0.2, 0) is 5.69 Å². The maximum atomic E-state index is 12.0. The fourth-order valence-corrected chi connectivity index (χ4v) is 1.56. The normalized spacial score (nSPS) is 11.5. The van der Waals surface area contributed by atoms with Gasteiger partial charge in [0.05, 0.1) is 5.56 Å². The lowest BCUT2D eigenvalue weighted by Gasteiger charge is -2.17. The zero-order valence-electron chi connectivity index (χ0n) is 9.74. The molecule has 0 aliphatic heterocycles. The molecule has 2 aromatic heterocycles. The van der Waals surface area contributed by atoms with Crippen molar-refractivity contribution in [1.82, 2.24) is 9.55 Å². The fraction of sp³-hybridized carbons (Fsp3) is 0.167. The zero-order chi connectivity index (χ0) is 13.3. The molecule has 2 rings (SSSR count). The number of aryl methyl sites for hydroxylation is 1. The number of rotatable bonds is 2. The molecule has 6 heteroatoms. The first kappa shape index (κ1) is 12.5. The molecule has 0 aliphatic carbocycles. The SMILES string of the molecule is [B]C(O)(O)c1cccn(-c2ccc(C)cn2)c1=O. The minimum absolute atomic E-state index is 0.313. The number of nitrogens with zero attached hydrogens (tertiary/aromatic N) is 2. The van der Waals surface area contributed by atoms with Gasteiger partial charge in [0.2, 0.25) is 0 Å². The van der Waals surface area contributed by atoms with Crippen LogP contribution in [0.5, 0.6) is 0 Å². The molecule has 90 valence electrons. The van der Waals surface area contributed by atoms with Crippen LogP contribution >= 0.6 is 0 Å². The monoisotopic (exact) mass is 242 g/mol. The molecular formula is C12H11BN2O3. The van der Waals surface area contributed by atoms with Crippen molar-refractivity contribution in [2.45, 2.75) is 12.6 Å².